The first-order valence-electron chi connectivity index (χ1n) is 9.48. The molecule has 1 aliphatic heterocycles. The molecular weight excluding hydrogens is 402 g/mol. The molecule has 0 aliphatic carbocycles. The average Bonchev–Trinajstić information content (AvgIpc) is 3.33. The summed E-state index contributed by atoms with van der Waals surface area (Å²) in [5, 5.41) is 11.5. The summed E-state index contributed by atoms with van der Waals surface area (Å²) in [5.41, 5.74) is 5.26. The minimum Gasteiger partial charge on any atom is -0.454 e. The number of ether oxygens (including phenoxy) is 2. The Morgan fingerprint density at radius 2 is 2.07 bits per heavy atom. The van der Waals surface area contributed by atoms with Crippen molar-refractivity contribution in [2.45, 2.75) is 13.5 Å². The van der Waals surface area contributed by atoms with Crippen LogP contribution in [-0.2, 0) is 11.3 Å². The SMILES string of the molecule is CCNC(=S)N/N=C\c1cn(CC(=O)Nc2ccc3c(c2)OCO3)c2ccccc12. The molecule has 1 amide bonds. The highest BCUT2D eigenvalue weighted by Gasteiger charge is 2.15. The van der Waals surface area contributed by atoms with Crippen molar-refractivity contribution in [1.82, 2.24) is 15.3 Å². The van der Waals surface area contributed by atoms with Crippen molar-refractivity contribution in [3.8, 4) is 11.5 Å². The number of hydrazone groups is 1. The Morgan fingerprint density at radius 3 is 2.93 bits per heavy atom. The number of nitrogens with one attached hydrogen (secondary N) is 3. The van der Waals surface area contributed by atoms with Crippen molar-refractivity contribution < 1.29 is 14.3 Å². The molecule has 9 heteroatoms. The van der Waals surface area contributed by atoms with E-state index in [1.807, 2.05) is 42.0 Å². The Balaban J connectivity index is 1.49. The monoisotopic (exact) mass is 423 g/mol. The Labute approximate surface area is 178 Å². The van der Waals surface area contributed by atoms with Crippen LogP contribution in [0.1, 0.15) is 12.5 Å². The second kappa shape index (κ2) is 8.83. The summed E-state index contributed by atoms with van der Waals surface area (Å²) in [6.45, 7) is 3.03. The molecule has 3 aromatic rings. The maximum Gasteiger partial charge on any atom is 0.244 e. The van der Waals surface area contributed by atoms with Gasteiger partial charge in [0.1, 0.15) is 6.54 Å². The van der Waals surface area contributed by atoms with E-state index >= 15 is 0 Å². The molecule has 0 fully saturated rings. The normalized spacial score (nSPS) is 12.3. The number of anilines is 1. The molecule has 0 saturated carbocycles. The van der Waals surface area contributed by atoms with Gasteiger partial charge in [0, 0.05) is 41.0 Å². The van der Waals surface area contributed by atoms with Gasteiger partial charge in [-0.1, -0.05) is 18.2 Å². The molecule has 0 bridgehead atoms. The van der Waals surface area contributed by atoms with Crippen LogP contribution in [0.4, 0.5) is 5.69 Å². The Bertz CT molecular complexity index is 1130. The number of benzene rings is 2. The number of hydrogen-bond acceptors (Lipinski definition) is 5. The fourth-order valence-corrected chi connectivity index (χ4v) is 3.40. The van der Waals surface area contributed by atoms with Gasteiger partial charge in [-0.15, -0.1) is 0 Å². The van der Waals surface area contributed by atoms with Crippen LogP contribution >= 0.6 is 12.2 Å². The molecule has 0 saturated heterocycles. The highest BCUT2D eigenvalue weighted by molar-refractivity contribution is 7.80. The predicted molar refractivity (Wildman–Crippen MR) is 120 cm³/mol. The van der Waals surface area contributed by atoms with Crippen LogP contribution in [0.25, 0.3) is 10.9 Å². The molecule has 154 valence electrons. The van der Waals surface area contributed by atoms with Crippen LogP contribution in [0.15, 0.2) is 53.8 Å². The minimum atomic E-state index is -0.149. The van der Waals surface area contributed by atoms with Crippen LogP contribution in [0.5, 0.6) is 11.5 Å². The van der Waals surface area contributed by atoms with E-state index in [9.17, 15) is 4.79 Å². The van der Waals surface area contributed by atoms with E-state index in [2.05, 4.69) is 21.2 Å². The Kier molecular flexibility index (Phi) is 5.80. The first-order valence-corrected chi connectivity index (χ1v) is 9.89. The van der Waals surface area contributed by atoms with Crippen LogP contribution in [0, 0.1) is 0 Å². The number of rotatable bonds is 6. The van der Waals surface area contributed by atoms with Crippen molar-refractivity contribution in [3.63, 3.8) is 0 Å². The second-order valence-corrected chi connectivity index (χ2v) is 6.98. The van der Waals surface area contributed by atoms with E-state index in [1.54, 1.807) is 24.4 Å². The van der Waals surface area contributed by atoms with Crippen LogP contribution in [0.2, 0.25) is 0 Å². The molecule has 4 rings (SSSR count). The molecule has 2 aromatic carbocycles. The Morgan fingerprint density at radius 1 is 1.23 bits per heavy atom. The molecule has 8 nitrogen and oxygen atoms in total. The van der Waals surface area contributed by atoms with Crippen LogP contribution in [-0.4, -0.2) is 35.1 Å². The lowest BCUT2D eigenvalue weighted by molar-refractivity contribution is -0.116. The number of carbonyl (C=O) groups is 1. The largest absolute Gasteiger partial charge is 0.454 e. The van der Waals surface area contributed by atoms with Gasteiger partial charge in [0.15, 0.2) is 16.6 Å². The van der Waals surface area contributed by atoms with Gasteiger partial charge in [-0.2, -0.15) is 5.10 Å². The lowest BCUT2D eigenvalue weighted by Gasteiger charge is -2.08. The van der Waals surface area contributed by atoms with Crippen molar-refractivity contribution >= 4 is 46.0 Å². The van der Waals surface area contributed by atoms with Gasteiger partial charge < -0.3 is 24.7 Å². The minimum absolute atomic E-state index is 0.149. The molecule has 3 N–H and O–H groups in total. The van der Waals surface area contributed by atoms with E-state index in [-0.39, 0.29) is 19.2 Å². The van der Waals surface area contributed by atoms with Gasteiger partial charge in [0.25, 0.3) is 0 Å². The number of carbonyl (C=O) groups excluding carboxylic acids is 1. The summed E-state index contributed by atoms with van der Waals surface area (Å²) in [6, 6.07) is 13.2. The smallest absolute Gasteiger partial charge is 0.244 e. The third-order valence-corrected chi connectivity index (χ3v) is 4.73. The molecule has 30 heavy (non-hydrogen) atoms. The first-order chi connectivity index (χ1) is 14.6. The van der Waals surface area contributed by atoms with Crippen molar-refractivity contribution in [3.05, 3.63) is 54.2 Å². The third-order valence-electron chi connectivity index (χ3n) is 4.50. The van der Waals surface area contributed by atoms with Crippen LogP contribution < -0.4 is 25.5 Å². The summed E-state index contributed by atoms with van der Waals surface area (Å²) in [6.07, 6.45) is 3.59. The average molecular weight is 423 g/mol. The molecule has 1 aliphatic rings. The van der Waals surface area contributed by atoms with E-state index < -0.39 is 0 Å². The molecule has 1 aromatic heterocycles. The van der Waals surface area contributed by atoms with Crippen molar-refractivity contribution in [1.29, 1.82) is 0 Å². The lowest BCUT2D eigenvalue weighted by Crippen LogP contribution is -2.31. The molecule has 0 unspecified atom stereocenters. The standard InChI is InChI=1S/C21H21N5O3S/c1-2-22-21(30)25-23-10-14-11-26(17-6-4-3-5-16(14)17)12-20(27)24-15-7-8-18-19(9-15)29-13-28-18/h3-11H,2,12-13H2,1H3,(H,24,27)(H2,22,25,30)/b23-10-. The third kappa shape index (κ3) is 4.36. The second-order valence-electron chi connectivity index (χ2n) is 6.58. The zero-order valence-corrected chi connectivity index (χ0v) is 17.2. The summed E-state index contributed by atoms with van der Waals surface area (Å²) < 4.78 is 12.5. The van der Waals surface area contributed by atoms with E-state index in [0.717, 1.165) is 23.0 Å². The highest BCUT2D eigenvalue weighted by atomic mass is 32.1. The topological polar surface area (TPSA) is 88.9 Å². The van der Waals surface area contributed by atoms with Gasteiger partial charge in [-0.05, 0) is 37.3 Å². The summed E-state index contributed by atoms with van der Waals surface area (Å²) in [7, 11) is 0. The zero-order valence-electron chi connectivity index (χ0n) is 16.3. The van der Waals surface area contributed by atoms with Gasteiger partial charge in [-0.3, -0.25) is 10.2 Å². The maximum atomic E-state index is 12.6. The highest BCUT2D eigenvalue weighted by Crippen LogP contribution is 2.34. The molecule has 2 heterocycles. The molecular formula is C21H21N5O3S. The summed E-state index contributed by atoms with van der Waals surface area (Å²) >= 11 is 5.11. The van der Waals surface area contributed by atoms with Gasteiger partial charge in [-0.25, -0.2) is 0 Å². The lowest BCUT2D eigenvalue weighted by atomic mass is 10.2. The molecule has 0 atom stereocenters. The molecule has 0 radical (unpaired) electrons. The van der Waals surface area contributed by atoms with Gasteiger partial charge in [0.05, 0.1) is 6.21 Å². The van der Waals surface area contributed by atoms with E-state index in [4.69, 9.17) is 21.7 Å². The number of amides is 1. The zero-order chi connectivity index (χ0) is 20.9. The fraction of sp³-hybridized carbons (Fsp3) is 0.190. The quantitative estimate of drug-likeness (QED) is 0.321. The number of thiocarbonyl (C=S) groups is 1. The predicted octanol–water partition coefficient (Wildman–Crippen LogP) is 2.83. The van der Waals surface area contributed by atoms with Crippen molar-refractivity contribution in [2.75, 3.05) is 18.7 Å². The van der Waals surface area contributed by atoms with Gasteiger partial charge >= 0.3 is 0 Å². The fourth-order valence-electron chi connectivity index (χ4n) is 3.20. The number of nitrogens with zero attached hydrogens (tertiary/aromatic N) is 2. The number of aromatic nitrogens is 1. The van der Waals surface area contributed by atoms with E-state index in [0.29, 0.717) is 22.3 Å². The summed E-state index contributed by atoms with van der Waals surface area (Å²) in [4.78, 5) is 12.6. The van der Waals surface area contributed by atoms with E-state index in [1.165, 1.54) is 0 Å². The summed E-state index contributed by atoms with van der Waals surface area (Å²) in [5.74, 6) is 1.15. The van der Waals surface area contributed by atoms with Crippen molar-refractivity contribution in [2.24, 2.45) is 5.10 Å². The number of fused-ring (bicyclic) bond motifs is 2. The number of hydrogen-bond donors (Lipinski definition) is 3. The maximum absolute atomic E-state index is 12.6. The Hall–Kier alpha value is -3.59. The van der Waals surface area contributed by atoms with Crippen LogP contribution in [0.3, 0.4) is 0 Å². The number of para-hydroxylation sites is 1. The molecule has 0 spiro atoms. The first kappa shape index (κ1) is 19.7. The van der Waals surface area contributed by atoms with Gasteiger partial charge in [0.2, 0.25) is 12.7 Å².